The van der Waals surface area contributed by atoms with Crippen molar-refractivity contribution in [3.63, 3.8) is 0 Å². The summed E-state index contributed by atoms with van der Waals surface area (Å²) >= 11 is 3.42. The third-order valence-corrected chi connectivity index (χ3v) is 3.76. The summed E-state index contributed by atoms with van der Waals surface area (Å²) in [5, 5.41) is 2.90. The van der Waals surface area contributed by atoms with Crippen LogP contribution in [-0.4, -0.2) is 12.5 Å². The number of ether oxygens (including phenoxy) is 1. The zero-order valence-corrected chi connectivity index (χ0v) is 14.2. The van der Waals surface area contributed by atoms with Crippen LogP contribution in [-0.2, 0) is 0 Å². The Morgan fingerprint density at radius 1 is 1.27 bits per heavy atom. The van der Waals surface area contributed by atoms with Crippen LogP contribution in [0.5, 0.6) is 5.75 Å². The van der Waals surface area contributed by atoms with E-state index in [1.165, 1.54) is 0 Å². The molecule has 0 saturated heterocycles. The van der Waals surface area contributed by atoms with Gasteiger partial charge >= 0.3 is 0 Å². The first-order valence-electron chi connectivity index (χ1n) is 7.11. The molecule has 0 aromatic heterocycles. The number of nitrogens with two attached hydrogens (primary N) is 1. The molecule has 0 heterocycles. The molecule has 116 valence electrons. The standard InChI is InChI=1S/C17H19BrN2O2/c1-3-8-22-14-6-4-12(5-7-14)17(21)20-16-11(2)9-13(19)10-15(16)18/h4-7,9-10H,3,8,19H2,1-2H3,(H,20,21). The lowest BCUT2D eigenvalue weighted by Crippen LogP contribution is -2.13. The average molecular weight is 363 g/mol. The van der Waals surface area contributed by atoms with E-state index in [0.717, 1.165) is 27.9 Å². The van der Waals surface area contributed by atoms with E-state index in [4.69, 9.17) is 10.5 Å². The van der Waals surface area contributed by atoms with Crippen LogP contribution in [0.15, 0.2) is 40.9 Å². The summed E-state index contributed by atoms with van der Waals surface area (Å²) in [6.45, 7) is 4.62. The molecule has 1 amide bonds. The lowest BCUT2D eigenvalue weighted by Gasteiger charge is -2.12. The summed E-state index contributed by atoms with van der Waals surface area (Å²) in [7, 11) is 0. The summed E-state index contributed by atoms with van der Waals surface area (Å²) < 4.78 is 6.27. The van der Waals surface area contributed by atoms with Gasteiger partial charge in [-0.2, -0.15) is 0 Å². The highest BCUT2D eigenvalue weighted by atomic mass is 79.9. The molecule has 0 fully saturated rings. The Morgan fingerprint density at radius 2 is 1.95 bits per heavy atom. The van der Waals surface area contributed by atoms with Crippen molar-refractivity contribution in [2.75, 3.05) is 17.7 Å². The molecule has 4 nitrogen and oxygen atoms in total. The SMILES string of the molecule is CCCOc1ccc(C(=O)Nc2c(C)cc(N)cc2Br)cc1. The van der Waals surface area contributed by atoms with Gasteiger partial charge in [0.15, 0.2) is 0 Å². The first-order valence-corrected chi connectivity index (χ1v) is 7.90. The van der Waals surface area contributed by atoms with Crippen LogP contribution in [0.1, 0.15) is 29.3 Å². The van der Waals surface area contributed by atoms with Crippen molar-refractivity contribution in [3.8, 4) is 5.75 Å². The molecule has 22 heavy (non-hydrogen) atoms. The van der Waals surface area contributed by atoms with Crippen LogP contribution < -0.4 is 15.8 Å². The van der Waals surface area contributed by atoms with Crippen molar-refractivity contribution < 1.29 is 9.53 Å². The van der Waals surface area contributed by atoms with E-state index in [2.05, 4.69) is 28.2 Å². The maximum absolute atomic E-state index is 12.3. The van der Waals surface area contributed by atoms with Gasteiger partial charge in [-0.05, 0) is 71.2 Å². The van der Waals surface area contributed by atoms with Crippen LogP contribution in [0, 0.1) is 6.92 Å². The van der Waals surface area contributed by atoms with Gasteiger partial charge in [-0.3, -0.25) is 4.79 Å². The molecule has 2 aromatic carbocycles. The highest BCUT2D eigenvalue weighted by molar-refractivity contribution is 9.10. The number of rotatable bonds is 5. The number of nitrogen functional groups attached to an aromatic ring is 1. The first kappa shape index (κ1) is 16.4. The summed E-state index contributed by atoms with van der Waals surface area (Å²) in [6, 6.07) is 10.7. The highest BCUT2D eigenvalue weighted by Crippen LogP contribution is 2.29. The largest absolute Gasteiger partial charge is 0.494 e. The quantitative estimate of drug-likeness (QED) is 0.775. The smallest absolute Gasteiger partial charge is 0.255 e. The molecular weight excluding hydrogens is 344 g/mol. The molecule has 0 aliphatic heterocycles. The minimum absolute atomic E-state index is 0.171. The Balaban J connectivity index is 2.12. The number of amides is 1. The molecule has 0 aliphatic carbocycles. The van der Waals surface area contributed by atoms with E-state index in [0.29, 0.717) is 17.9 Å². The van der Waals surface area contributed by atoms with Gasteiger partial charge in [0.2, 0.25) is 0 Å². The minimum Gasteiger partial charge on any atom is -0.494 e. The molecule has 3 N–H and O–H groups in total. The zero-order valence-electron chi connectivity index (χ0n) is 12.7. The molecule has 5 heteroatoms. The number of carbonyl (C=O) groups excluding carboxylic acids is 1. The van der Waals surface area contributed by atoms with Gasteiger partial charge in [-0.1, -0.05) is 6.92 Å². The van der Waals surface area contributed by atoms with Gasteiger partial charge in [-0.25, -0.2) is 0 Å². The zero-order chi connectivity index (χ0) is 16.1. The van der Waals surface area contributed by atoms with Crippen LogP contribution >= 0.6 is 15.9 Å². The number of benzene rings is 2. The van der Waals surface area contributed by atoms with Gasteiger partial charge in [0.1, 0.15) is 5.75 Å². The number of anilines is 2. The van der Waals surface area contributed by atoms with Crippen LogP contribution in [0.3, 0.4) is 0 Å². The molecule has 0 unspecified atom stereocenters. The van der Waals surface area contributed by atoms with Crippen molar-refractivity contribution >= 4 is 33.2 Å². The first-order chi connectivity index (χ1) is 10.5. The molecule has 0 saturated carbocycles. The second-order valence-corrected chi connectivity index (χ2v) is 5.88. The Bertz CT molecular complexity index is 646. The topological polar surface area (TPSA) is 64.3 Å². The van der Waals surface area contributed by atoms with E-state index in [9.17, 15) is 4.79 Å². The average Bonchev–Trinajstić information content (AvgIpc) is 2.49. The normalized spacial score (nSPS) is 10.3. The fraction of sp³-hybridized carbons (Fsp3) is 0.235. The lowest BCUT2D eigenvalue weighted by atomic mass is 10.1. The maximum atomic E-state index is 12.3. The summed E-state index contributed by atoms with van der Waals surface area (Å²) in [5.41, 5.74) is 8.63. The Labute approximate surface area is 138 Å². The van der Waals surface area contributed by atoms with E-state index < -0.39 is 0 Å². The highest BCUT2D eigenvalue weighted by Gasteiger charge is 2.11. The summed E-state index contributed by atoms with van der Waals surface area (Å²) in [4.78, 5) is 12.3. The number of nitrogens with one attached hydrogen (secondary N) is 1. The fourth-order valence-electron chi connectivity index (χ4n) is 2.04. The van der Waals surface area contributed by atoms with E-state index in [-0.39, 0.29) is 5.91 Å². The van der Waals surface area contributed by atoms with E-state index in [1.807, 2.05) is 13.0 Å². The Kier molecular flexibility index (Phi) is 5.44. The molecule has 2 rings (SSSR count). The molecule has 0 radical (unpaired) electrons. The van der Waals surface area contributed by atoms with Crippen molar-refractivity contribution in [1.82, 2.24) is 0 Å². The number of halogens is 1. The van der Waals surface area contributed by atoms with Crippen LogP contribution in [0.25, 0.3) is 0 Å². The Morgan fingerprint density at radius 3 is 2.55 bits per heavy atom. The number of aryl methyl sites for hydroxylation is 1. The number of hydrogen-bond donors (Lipinski definition) is 2. The number of hydrogen-bond acceptors (Lipinski definition) is 3. The summed E-state index contributed by atoms with van der Waals surface area (Å²) in [6.07, 6.45) is 0.951. The van der Waals surface area contributed by atoms with Gasteiger partial charge in [-0.15, -0.1) is 0 Å². The second-order valence-electron chi connectivity index (χ2n) is 5.02. The van der Waals surface area contributed by atoms with Gasteiger partial charge in [0.25, 0.3) is 5.91 Å². The third-order valence-electron chi connectivity index (χ3n) is 3.14. The van der Waals surface area contributed by atoms with Crippen molar-refractivity contribution in [1.29, 1.82) is 0 Å². The van der Waals surface area contributed by atoms with Crippen LogP contribution in [0.2, 0.25) is 0 Å². The second kappa shape index (κ2) is 7.31. The Hall–Kier alpha value is -2.01. The molecule has 2 aromatic rings. The van der Waals surface area contributed by atoms with Gasteiger partial charge in [0.05, 0.1) is 12.3 Å². The number of carbonyl (C=O) groups is 1. The van der Waals surface area contributed by atoms with E-state index >= 15 is 0 Å². The monoisotopic (exact) mass is 362 g/mol. The summed E-state index contributed by atoms with van der Waals surface area (Å²) in [5.74, 6) is 0.596. The molecule has 0 atom stereocenters. The predicted octanol–water partition coefficient (Wildman–Crippen LogP) is 4.38. The predicted molar refractivity (Wildman–Crippen MR) is 93.5 cm³/mol. The molecule has 0 spiro atoms. The van der Waals surface area contributed by atoms with Gasteiger partial charge in [0, 0.05) is 15.7 Å². The fourth-order valence-corrected chi connectivity index (χ4v) is 2.71. The van der Waals surface area contributed by atoms with Crippen molar-refractivity contribution in [2.45, 2.75) is 20.3 Å². The van der Waals surface area contributed by atoms with Crippen molar-refractivity contribution in [2.24, 2.45) is 0 Å². The molecule has 0 aliphatic rings. The van der Waals surface area contributed by atoms with Crippen LogP contribution in [0.4, 0.5) is 11.4 Å². The molecule has 0 bridgehead atoms. The van der Waals surface area contributed by atoms with Gasteiger partial charge < -0.3 is 15.8 Å². The minimum atomic E-state index is -0.171. The molecular formula is C17H19BrN2O2. The van der Waals surface area contributed by atoms with E-state index in [1.54, 1.807) is 30.3 Å². The third kappa shape index (κ3) is 4.01. The maximum Gasteiger partial charge on any atom is 0.255 e. The lowest BCUT2D eigenvalue weighted by molar-refractivity contribution is 0.102. The van der Waals surface area contributed by atoms with Crippen molar-refractivity contribution in [3.05, 3.63) is 52.0 Å².